The first-order valence-corrected chi connectivity index (χ1v) is 7.36. The number of nitrogens with one attached hydrogen (secondary N) is 1. The van der Waals surface area contributed by atoms with E-state index in [4.69, 9.17) is 0 Å². The minimum absolute atomic E-state index is 0.0890. The first-order valence-electron chi connectivity index (χ1n) is 6.57. The lowest BCUT2D eigenvalue weighted by molar-refractivity contribution is -0.187. The summed E-state index contributed by atoms with van der Waals surface area (Å²) in [5, 5.41) is 12.7. The lowest BCUT2D eigenvalue weighted by Crippen LogP contribution is -2.48. The second-order valence-electron chi connectivity index (χ2n) is 5.38. The number of hydrogen-bond acceptors (Lipinski definition) is 2. The predicted octanol–water partition coefficient (Wildman–Crippen LogP) is 4.34. The summed E-state index contributed by atoms with van der Waals surface area (Å²) in [5.41, 5.74) is -0.188. The third-order valence-electron chi connectivity index (χ3n) is 3.88. The number of halogens is 4. The van der Waals surface area contributed by atoms with Gasteiger partial charge in [0.1, 0.15) is 0 Å². The molecule has 0 heterocycles. The first-order chi connectivity index (χ1) is 9.36. The molecule has 2 unspecified atom stereocenters. The van der Waals surface area contributed by atoms with Gasteiger partial charge in [-0.2, -0.15) is 13.2 Å². The van der Waals surface area contributed by atoms with E-state index in [2.05, 4.69) is 21.2 Å². The number of aliphatic hydroxyl groups is 1. The van der Waals surface area contributed by atoms with Gasteiger partial charge in [0.05, 0.1) is 18.1 Å². The Bertz CT molecular complexity index is 466. The van der Waals surface area contributed by atoms with E-state index in [1.165, 1.54) is 0 Å². The van der Waals surface area contributed by atoms with Gasteiger partial charge in [-0.1, -0.05) is 18.6 Å². The van der Waals surface area contributed by atoms with Crippen LogP contribution in [0.1, 0.15) is 25.7 Å². The second-order valence-corrected chi connectivity index (χ2v) is 6.23. The van der Waals surface area contributed by atoms with E-state index in [-0.39, 0.29) is 19.4 Å². The zero-order valence-corrected chi connectivity index (χ0v) is 12.5. The van der Waals surface area contributed by atoms with Crippen molar-refractivity contribution in [3.8, 4) is 0 Å². The van der Waals surface area contributed by atoms with E-state index >= 15 is 0 Å². The number of alkyl halides is 3. The summed E-state index contributed by atoms with van der Waals surface area (Å²) in [6.45, 7) is -0.305. The summed E-state index contributed by atoms with van der Waals surface area (Å²) >= 11 is 3.36. The van der Waals surface area contributed by atoms with Crippen molar-refractivity contribution in [2.45, 2.75) is 37.4 Å². The summed E-state index contributed by atoms with van der Waals surface area (Å²) in [6.07, 6.45) is -3.15. The molecular weight excluding hydrogens is 335 g/mol. The first kappa shape index (κ1) is 15.6. The molecule has 1 aromatic carbocycles. The maximum Gasteiger partial charge on any atom is 0.391 e. The lowest BCUT2D eigenvalue weighted by Gasteiger charge is -2.41. The number of aliphatic hydroxyl groups excluding tert-OH is 1. The van der Waals surface area contributed by atoms with Crippen molar-refractivity contribution in [2.75, 3.05) is 11.9 Å². The van der Waals surface area contributed by atoms with Gasteiger partial charge in [0.25, 0.3) is 0 Å². The molecule has 1 aliphatic rings. The van der Waals surface area contributed by atoms with Crippen molar-refractivity contribution in [1.82, 2.24) is 0 Å². The molecule has 2 N–H and O–H groups in total. The topological polar surface area (TPSA) is 32.3 Å². The summed E-state index contributed by atoms with van der Waals surface area (Å²) in [6, 6.07) is 7.25. The van der Waals surface area contributed by atoms with Crippen LogP contribution in [0.25, 0.3) is 0 Å². The quantitative estimate of drug-likeness (QED) is 0.848. The molecule has 0 aromatic heterocycles. The fraction of sp³-hybridized carbons (Fsp3) is 0.571. The summed E-state index contributed by atoms with van der Waals surface area (Å²) in [4.78, 5) is 0. The molecule has 0 aliphatic heterocycles. The molecule has 0 spiro atoms. The normalized spacial score (nSPS) is 27.4. The van der Waals surface area contributed by atoms with E-state index in [1.54, 1.807) is 6.07 Å². The average Bonchev–Trinajstić information content (AvgIpc) is 2.41. The highest BCUT2D eigenvalue weighted by molar-refractivity contribution is 9.10. The maximum atomic E-state index is 12.9. The van der Waals surface area contributed by atoms with Crippen molar-refractivity contribution in [1.29, 1.82) is 0 Å². The molecule has 6 heteroatoms. The van der Waals surface area contributed by atoms with Crippen LogP contribution in [0.2, 0.25) is 0 Å². The number of hydrogen-bond donors (Lipinski definition) is 2. The Hall–Kier alpha value is -0.750. The van der Waals surface area contributed by atoms with E-state index in [0.29, 0.717) is 18.5 Å². The molecule has 0 saturated heterocycles. The molecular formula is C14H17BrF3NO. The maximum absolute atomic E-state index is 12.9. The smallest absolute Gasteiger partial charge is 0.391 e. The Morgan fingerprint density at radius 2 is 2.05 bits per heavy atom. The SMILES string of the molecule is OCC1(Nc2ccccc2Br)CCCC(C(F)(F)F)C1. The Labute approximate surface area is 124 Å². The Balaban J connectivity index is 2.19. The van der Waals surface area contributed by atoms with Gasteiger partial charge in [0.2, 0.25) is 0 Å². The van der Waals surface area contributed by atoms with Crippen molar-refractivity contribution < 1.29 is 18.3 Å². The number of para-hydroxylation sites is 1. The van der Waals surface area contributed by atoms with Crippen molar-refractivity contribution in [3.05, 3.63) is 28.7 Å². The predicted molar refractivity (Wildman–Crippen MR) is 75.6 cm³/mol. The fourth-order valence-electron chi connectivity index (χ4n) is 2.79. The van der Waals surface area contributed by atoms with Crippen molar-refractivity contribution >= 4 is 21.6 Å². The molecule has 2 rings (SSSR count). The van der Waals surface area contributed by atoms with Crippen LogP contribution in [0.3, 0.4) is 0 Å². The summed E-state index contributed by atoms with van der Waals surface area (Å²) in [5.74, 6) is -1.35. The molecule has 2 nitrogen and oxygen atoms in total. The Kier molecular flexibility index (Phi) is 4.64. The largest absolute Gasteiger partial charge is 0.394 e. The van der Waals surface area contributed by atoms with Crippen LogP contribution < -0.4 is 5.32 Å². The third kappa shape index (κ3) is 3.47. The fourth-order valence-corrected chi connectivity index (χ4v) is 3.17. The molecule has 20 heavy (non-hydrogen) atoms. The molecule has 1 aliphatic carbocycles. The minimum atomic E-state index is -4.20. The molecule has 1 saturated carbocycles. The van der Waals surface area contributed by atoms with Crippen LogP contribution in [0.4, 0.5) is 18.9 Å². The summed E-state index contributed by atoms with van der Waals surface area (Å²) < 4.78 is 39.5. The Morgan fingerprint density at radius 3 is 2.65 bits per heavy atom. The van der Waals surface area contributed by atoms with Crippen LogP contribution >= 0.6 is 15.9 Å². The molecule has 0 bridgehead atoms. The Morgan fingerprint density at radius 1 is 1.35 bits per heavy atom. The van der Waals surface area contributed by atoms with E-state index in [1.807, 2.05) is 18.2 Å². The van der Waals surface area contributed by atoms with E-state index < -0.39 is 17.6 Å². The molecule has 0 radical (unpaired) electrons. The molecule has 1 fully saturated rings. The minimum Gasteiger partial charge on any atom is -0.394 e. The highest BCUT2D eigenvalue weighted by atomic mass is 79.9. The van der Waals surface area contributed by atoms with Gasteiger partial charge in [-0.25, -0.2) is 0 Å². The molecule has 1 aromatic rings. The van der Waals surface area contributed by atoms with Crippen molar-refractivity contribution in [3.63, 3.8) is 0 Å². The summed E-state index contributed by atoms with van der Waals surface area (Å²) in [7, 11) is 0. The van der Waals surface area contributed by atoms with Crippen LogP contribution in [-0.2, 0) is 0 Å². The van der Waals surface area contributed by atoms with Gasteiger partial charge in [-0.3, -0.25) is 0 Å². The monoisotopic (exact) mass is 351 g/mol. The van der Waals surface area contributed by atoms with Crippen molar-refractivity contribution in [2.24, 2.45) is 5.92 Å². The highest BCUT2D eigenvalue weighted by Crippen LogP contribution is 2.43. The van der Waals surface area contributed by atoms with Gasteiger partial charge >= 0.3 is 6.18 Å². The standard InChI is InChI=1S/C14H17BrF3NO/c15-11-5-1-2-6-12(11)19-13(9-20)7-3-4-10(8-13)14(16,17)18/h1-2,5-6,10,19-20H,3-4,7-9H2. The number of benzene rings is 1. The van der Waals surface area contributed by atoms with Crippen LogP contribution in [0.15, 0.2) is 28.7 Å². The van der Waals surface area contributed by atoms with Crippen LogP contribution in [-0.4, -0.2) is 23.4 Å². The average molecular weight is 352 g/mol. The van der Waals surface area contributed by atoms with Gasteiger partial charge in [0.15, 0.2) is 0 Å². The van der Waals surface area contributed by atoms with Crippen LogP contribution in [0, 0.1) is 5.92 Å². The second kappa shape index (κ2) is 5.93. The van der Waals surface area contributed by atoms with Gasteiger partial charge in [0, 0.05) is 10.2 Å². The lowest BCUT2D eigenvalue weighted by atomic mass is 9.75. The molecule has 0 amide bonds. The van der Waals surface area contributed by atoms with E-state index in [0.717, 1.165) is 4.47 Å². The number of rotatable bonds is 3. The van der Waals surface area contributed by atoms with Gasteiger partial charge in [-0.05, 0) is 47.3 Å². The zero-order chi connectivity index (χ0) is 14.8. The van der Waals surface area contributed by atoms with Crippen LogP contribution in [0.5, 0.6) is 0 Å². The molecule has 112 valence electrons. The molecule has 2 atom stereocenters. The van der Waals surface area contributed by atoms with Gasteiger partial charge in [-0.15, -0.1) is 0 Å². The highest BCUT2D eigenvalue weighted by Gasteiger charge is 2.47. The third-order valence-corrected chi connectivity index (χ3v) is 4.58. The van der Waals surface area contributed by atoms with Gasteiger partial charge < -0.3 is 10.4 Å². The number of anilines is 1. The van der Waals surface area contributed by atoms with E-state index in [9.17, 15) is 18.3 Å². The zero-order valence-electron chi connectivity index (χ0n) is 10.9.